The summed E-state index contributed by atoms with van der Waals surface area (Å²) in [6.45, 7) is 0. The third kappa shape index (κ3) is 2.45. The van der Waals surface area contributed by atoms with Gasteiger partial charge in [0.05, 0.1) is 18.1 Å². The monoisotopic (exact) mass is 386 g/mol. The number of hydrogen-bond donors (Lipinski definition) is 0. The molecule has 6 aromatic rings. The molecule has 0 N–H and O–H groups in total. The molecular weight excluding hydrogens is 368 g/mol. The molecule has 142 valence electrons. The Morgan fingerprint density at radius 3 is 1.80 bits per heavy atom. The lowest BCUT2D eigenvalue weighted by molar-refractivity contribution is 0.415. The van der Waals surface area contributed by atoms with Gasteiger partial charge in [-0.2, -0.15) is 0 Å². The highest BCUT2D eigenvalue weighted by Crippen LogP contribution is 2.43. The van der Waals surface area contributed by atoms with Crippen molar-refractivity contribution < 1.29 is 4.74 Å². The molecule has 6 rings (SSSR count). The van der Waals surface area contributed by atoms with E-state index in [1.807, 2.05) is 12.1 Å². The van der Waals surface area contributed by atoms with Crippen molar-refractivity contribution in [1.82, 2.24) is 9.97 Å². The maximum absolute atomic E-state index is 5.36. The zero-order chi connectivity index (χ0) is 20.1. The second-order valence-corrected chi connectivity index (χ2v) is 7.45. The molecule has 0 saturated carbocycles. The lowest BCUT2D eigenvalue weighted by atomic mass is 9.87. The van der Waals surface area contributed by atoms with Gasteiger partial charge in [-0.1, -0.05) is 54.6 Å². The topological polar surface area (TPSA) is 35.0 Å². The first-order chi connectivity index (χ1) is 14.8. The molecule has 0 atom stereocenters. The minimum absolute atomic E-state index is 0.855. The highest BCUT2D eigenvalue weighted by atomic mass is 16.5. The molecule has 0 unspecified atom stereocenters. The Bertz CT molecular complexity index is 1490. The van der Waals surface area contributed by atoms with Crippen molar-refractivity contribution in [2.45, 2.75) is 0 Å². The Kier molecular flexibility index (Phi) is 3.68. The van der Waals surface area contributed by atoms with E-state index in [1.54, 1.807) is 13.4 Å². The van der Waals surface area contributed by atoms with Gasteiger partial charge in [0.25, 0.3) is 0 Å². The largest absolute Gasteiger partial charge is 0.497 e. The standard InChI is InChI=1S/C27H18N2O/c1-30-19-9-7-18(8-10-19)23-15-22(17-5-3-2-4-6-17)20-11-13-24-27-25(29-16-28-24)14-12-21(23)26(20)27/h2-16H,1H3. The van der Waals surface area contributed by atoms with Crippen molar-refractivity contribution in [2.75, 3.05) is 7.11 Å². The minimum atomic E-state index is 0.855. The summed E-state index contributed by atoms with van der Waals surface area (Å²) < 4.78 is 5.36. The zero-order valence-electron chi connectivity index (χ0n) is 16.5. The average molecular weight is 386 g/mol. The molecule has 30 heavy (non-hydrogen) atoms. The fraction of sp³-hybridized carbons (Fsp3) is 0.0370. The Hall–Kier alpha value is -3.98. The van der Waals surface area contributed by atoms with Crippen LogP contribution in [0.2, 0.25) is 0 Å². The van der Waals surface area contributed by atoms with Crippen LogP contribution in [-0.2, 0) is 0 Å². The number of ether oxygens (including phenoxy) is 1. The first-order valence-electron chi connectivity index (χ1n) is 9.96. The van der Waals surface area contributed by atoms with Gasteiger partial charge in [0, 0.05) is 10.8 Å². The Labute approximate surface area is 173 Å². The summed E-state index contributed by atoms with van der Waals surface area (Å²) >= 11 is 0. The molecule has 0 radical (unpaired) electrons. The van der Waals surface area contributed by atoms with Crippen LogP contribution in [0.1, 0.15) is 0 Å². The van der Waals surface area contributed by atoms with Crippen molar-refractivity contribution in [3.8, 4) is 28.0 Å². The van der Waals surface area contributed by atoms with E-state index in [9.17, 15) is 0 Å². The summed E-state index contributed by atoms with van der Waals surface area (Å²) in [4.78, 5) is 9.07. The van der Waals surface area contributed by atoms with Gasteiger partial charge in [-0.25, -0.2) is 9.97 Å². The molecule has 0 aliphatic carbocycles. The van der Waals surface area contributed by atoms with Crippen LogP contribution in [0.25, 0.3) is 54.8 Å². The van der Waals surface area contributed by atoms with E-state index in [1.165, 1.54) is 32.8 Å². The summed E-state index contributed by atoms with van der Waals surface area (Å²) in [6, 6.07) is 29.7. The molecule has 3 nitrogen and oxygen atoms in total. The summed E-state index contributed by atoms with van der Waals surface area (Å²) in [5, 5.41) is 4.78. The van der Waals surface area contributed by atoms with Crippen LogP contribution in [0.4, 0.5) is 0 Å². The molecule has 0 spiro atoms. The maximum atomic E-state index is 5.36. The second kappa shape index (κ2) is 6.53. The predicted octanol–water partition coefficient (Wildman–Crippen LogP) is 6.72. The molecular formula is C27H18N2O. The quantitative estimate of drug-likeness (QED) is 0.317. The van der Waals surface area contributed by atoms with Gasteiger partial charge < -0.3 is 4.74 Å². The highest BCUT2D eigenvalue weighted by molar-refractivity contribution is 6.26. The summed E-state index contributed by atoms with van der Waals surface area (Å²) in [7, 11) is 1.69. The molecule has 0 saturated heterocycles. The number of hydrogen-bond acceptors (Lipinski definition) is 3. The molecule has 1 aromatic heterocycles. The van der Waals surface area contributed by atoms with Gasteiger partial charge in [-0.05, 0) is 63.4 Å². The minimum Gasteiger partial charge on any atom is -0.497 e. The van der Waals surface area contributed by atoms with Gasteiger partial charge in [0.15, 0.2) is 0 Å². The van der Waals surface area contributed by atoms with Gasteiger partial charge in [-0.3, -0.25) is 0 Å². The van der Waals surface area contributed by atoms with Crippen LogP contribution in [0.3, 0.4) is 0 Å². The maximum Gasteiger partial charge on any atom is 0.118 e. The summed E-state index contributed by atoms with van der Waals surface area (Å²) in [6.07, 6.45) is 1.64. The number of nitrogens with zero attached hydrogens (tertiary/aromatic N) is 2. The van der Waals surface area contributed by atoms with Crippen LogP contribution >= 0.6 is 0 Å². The van der Waals surface area contributed by atoms with Crippen LogP contribution in [0, 0.1) is 0 Å². The van der Waals surface area contributed by atoms with Crippen molar-refractivity contribution in [1.29, 1.82) is 0 Å². The van der Waals surface area contributed by atoms with Crippen molar-refractivity contribution in [2.24, 2.45) is 0 Å². The molecule has 0 amide bonds. The third-order valence-corrected chi connectivity index (χ3v) is 5.87. The first kappa shape index (κ1) is 16.9. The van der Waals surface area contributed by atoms with Gasteiger partial charge in [0.2, 0.25) is 0 Å². The number of aromatic nitrogens is 2. The van der Waals surface area contributed by atoms with E-state index in [2.05, 4.69) is 82.8 Å². The summed E-state index contributed by atoms with van der Waals surface area (Å²) in [5.41, 5.74) is 6.72. The van der Waals surface area contributed by atoms with Crippen LogP contribution in [-0.4, -0.2) is 17.1 Å². The molecule has 5 aromatic carbocycles. The molecule has 0 fully saturated rings. The Balaban J connectivity index is 1.79. The van der Waals surface area contributed by atoms with Gasteiger partial charge in [0.1, 0.15) is 12.1 Å². The first-order valence-corrected chi connectivity index (χ1v) is 9.96. The van der Waals surface area contributed by atoms with Crippen molar-refractivity contribution >= 4 is 32.6 Å². The van der Waals surface area contributed by atoms with Crippen LogP contribution in [0.15, 0.2) is 91.3 Å². The Morgan fingerprint density at radius 2 is 1.20 bits per heavy atom. The SMILES string of the molecule is COc1ccc(-c2cc(-c3ccccc3)c3ccc4ncnc5ccc2c3c45)cc1. The fourth-order valence-corrected chi connectivity index (χ4v) is 4.44. The molecule has 0 bridgehead atoms. The van der Waals surface area contributed by atoms with E-state index in [0.29, 0.717) is 0 Å². The summed E-state index contributed by atoms with van der Waals surface area (Å²) in [5.74, 6) is 0.855. The van der Waals surface area contributed by atoms with E-state index in [4.69, 9.17) is 4.74 Å². The lowest BCUT2D eigenvalue weighted by Gasteiger charge is -2.17. The van der Waals surface area contributed by atoms with E-state index < -0.39 is 0 Å². The van der Waals surface area contributed by atoms with E-state index in [0.717, 1.165) is 27.7 Å². The predicted molar refractivity (Wildman–Crippen MR) is 123 cm³/mol. The van der Waals surface area contributed by atoms with Crippen LogP contribution in [0.5, 0.6) is 5.75 Å². The lowest BCUT2D eigenvalue weighted by Crippen LogP contribution is -1.93. The van der Waals surface area contributed by atoms with Gasteiger partial charge >= 0.3 is 0 Å². The molecule has 1 heterocycles. The second-order valence-electron chi connectivity index (χ2n) is 7.45. The number of methoxy groups -OCH3 is 1. The molecule has 3 heteroatoms. The third-order valence-electron chi connectivity index (χ3n) is 5.87. The zero-order valence-corrected chi connectivity index (χ0v) is 16.5. The molecule has 0 aliphatic heterocycles. The average Bonchev–Trinajstić information content (AvgIpc) is 2.83. The number of rotatable bonds is 3. The fourth-order valence-electron chi connectivity index (χ4n) is 4.44. The van der Waals surface area contributed by atoms with Crippen molar-refractivity contribution in [3.05, 3.63) is 91.3 Å². The smallest absolute Gasteiger partial charge is 0.118 e. The Morgan fingerprint density at radius 1 is 0.600 bits per heavy atom. The van der Waals surface area contributed by atoms with Crippen LogP contribution < -0.4 is 4.74 Å². The number of benzene rings is 5. The normalized spacial score (nSPS) is 11.5. The van der Waals surface area contributed by atoms with E-state index in [-0.39, 0.29) is 0 Å². The van der Waals surface area contributed by atoms with Crippen molar-refractivity contribution in [3.63, 3.8) is 0 Å². The highest BCUT2D eigenvalue weighted by Gasteiger charge is 2.17. The van der Waals surface area contributed by atoms with E-state index >= 15 is 0 Å². The van der Waals surface area contributed by atoms with Gasteiger partial charge in [-0.15, -0.1) is 0 Å². The molecule has 0 aliphatic rings.